The topological polar surface area (TPSA) is 88.3 Å². The quantitative estimate of drug-likeness (QED) is 0.494. The molecule has 1 unspecified atom stereocenters. The Morgan fingerprint density at radius 1 is 1.53 bits per heavy atom. The summed E-state index contributed by atoms with van der Waals surface area (Å²) in [5, 5.41) is 23.4. The molecule has 1 aromatic heterocycles. The normalized spacial score (nSPS) is 13.1. The summed E-state index contributed by atoms with van der Waals surface area (Å²) in [4.78, 5) is 14.1. The second-order valence-corrected chi connectivity index (χ2v) is 5.98. The van der Waals surface area contributed by atoms with E-state index in [9.17, 15) is 15.2 Å². The summed E-state index contributed by atoms with van der Waals surface area (Å²) >= 11 is 5.70. The third-order valence-electron chi connectivity index (χ3n) is 2.36. The fourth-order valence-electron chi connectivity index (χ4n) is 1.68. The van der Waals surface area contributed by atoms with Gasteiger partial charge in [-0.2, -0.15) is 0 Å². The summed E-state index contributed by atoms with van der Waals surface area (Å²) in [6.07, 6.45) is 0.0580. The van der Waals surface area contributed by atoms with E-state index in [4.69, 9.17) is 11.6 Å². The number of hydrogen-bond donors (Lipinski definition) is 2. The monoisotopic (exact) mass is 287 g/mol. The van der Waals surface area contributed by atoms with E-state index in [1.165, 1.54) is 12.1 Å². The first-order valence-electron chi connectivity index (χ1n) is 5.91. The number of aliphatic hydroxyl groups excluding tert-OH is 1. The van der Waals surface area contributed by atoms with E-state index < -0.39 is 11.0 Å². The molecule has 0 aliphatic heterocycles. The molecule has 0 saturated carbocycles. The largest absolute Gasteiger partial charge is 0.391 e. The highest BCUT2D eigenvalue weighted by Gasteiger charge is 2.17. The Balaban J connectivity index is 2.65. The molecule has 1 heterocycles. The van der Waals surface area contributed by atoms with Gasteiger partial charge in [0.05, 0.1) is 23.2 Å². The van der Waals surface area contributed by atoms with Crippen LogP contribution in [0.3, 0.4) is 0 Å². The van der Waals surface area contributed by atoms with Crippen molar-refractivity contribution in [2.75, 3.05) is 11.9 Å². The van der Waals surface area contributed by atoms with E-state index in [1.54, 1.807) is 0 Å². The maximum Gasteiger partial charge on any atom is 0.276 e. The van der Waals surface area contributed by atoms with Crippen molar-refractivity contribution in [1.82, 2.24) is 4.98 Å². The Labute approximate surface area is 117 Å². The summed E-state index contributed by atoms with van der Waals surface area (Å²) < 4.78 is 0. The standard InChI is InChI=1S/C12H18ClN3O3/c1-12(2,3)6-9(17)7-14-11-5-8(16(18)19)4-10(13)15-11/h4-5,9,17H,6-7H2,1-3H3,(H,14,15). The highest BCUT2D eigenvalue weighted by atomic mass is 35.5. The minimum absolute atomic E-state index is 0.00878. The lowest BCUT2D eigenvalue weighted by atomic mass is 9.89. The number of aromatic nitrogens is 1. The Hall–Kier alpha value is -1.40. The van der Waals surface area contributed by atoms with Gasteiger partial charge in [0.25, 0.3) is 5.69 Å². The van der Waals surface area contributed by atoms with E-state index in [0.29, 0.717) is 6.42 Å². The smallest absolute Gasteiger partial charge is 0.276 e. The molecule has 0 fully saturated rings. The third kappa shape index (κ3) is 5.85. The third-order valence-corrected chi connectivity index (χ3v) is 2.55. The Bertz CT molecular complexity index is 460. The molecular weight excluding hydrogens is 270 g/mol. The van der Waals surface area contributed by atoms with Crippen LogP contribution in [0.2, 0.25) is 5.15 Å². The van der Waals surface area contributed by atoms with Gasteiger partial charge >= 0.3 is 0 Å². The molecule has 2 N–H and O–H groups in total. The molecule has 0 aliphatic rings. The van der Waals surface area contributed by atoms with E-state index in [1.807, 2.05) is 20.8 Å². The van der Waals surface area contributed by atoms with Gasteiger partial charge in [-0.3, -0.25) is 10.1 Å². The van der Waals surface area contributed by atoms with Crippen molar-refractivity contribution in [3.63, 3.8) is 0 Å². The lowest BCUT2D eigenvalue weighted by Gasteiger charge is -2.22. The minimum Gasteiger partial charge on any atom is -0.391 e. The molecule has 1 atom stereocenters. The van der Waals surface area contributed by atoms with E-state index >= 15 is 0 Å². The second-order valence-electron chi connectivity index (χ2n) is 5.59. The molecule has 6 nitrogen and oxygen atoms in total. The van der Waals surface area contributed by atoms with Gasteiger partial charge in [0.1, 0.15) is 11.0 Å². The maximum atomic E-state index is 10.7. The Morgan fingerprint density at radius 2 is 2.16 bits per heavy atom. The predicted octanol–water partition coefficient (Wildman–Crippen LogP) is 2.85. The van der Waals surface area contributed by atoms with Crippen LogP contribution in [-0.4, -0.2) is 27.7 Å². The van der Waals surface area contributed by atoms with E-state index in [2.05, 4.69) is 10.3 Å². The number of hydrogen-bond acceptors (Lipinski definition) is 5. The van der Waals surface area contributed by atoms with Gasteiger partial charge in [-0.05, 0) is 11.8 Å². The van der Waals surface area contributed by atoms with Crippen LogP contribution in [0, 0.1) is 15.5 Å². The average molecular weight is 288 g/mol. The number of halogens is 1. The molecule has 19 heavy (non-hydrogen) atoms. The fourth-order valence-corrected chi connectivity index (χ4v) is 1.88. The first-order chi connectivity index (χ1) is 8.67. The minimum atomic E-state index is -0.556. The number of nitrogens with one attached hydrogen (secondary N) is 1. The van der Waals surface area contributed by atoms with Gasteiger partial charge in [0.2, 0.25) is 0 Å². The summed E-state index contributed by atoms with van der Waals surface area (Å²) in [5.74, 6) is 0.284. The van der Waals surface area contributed by atoms with Crippen molar-refractivity contribution >= 4 is 23.1 Å². The van der Waals surface area contributed by atoms with Crippen LogP contribution >= 0.6 is 11.6 Å². The number of anilines is 1. The molecule has 0 spiro atoms. The zero-order valence-corrected chi connectivity index (χ0v) is 11.9. The summed E-state index contributed by atoms with van der Waals surface area (Å²) in [6, 6.07) is 2.47. The fraction of sp³-hybridized carbons (Fsp3) is 0.583. The highest BCUT2D eigenvalue weighted by molar-refractivity contribution is 6.29. The lowest BCUT2D eigenvalue weighted by molar-refractivity contribution is -0.384. The van der Waals surface area contributed by atoms with Crippen LogP contribution < -0.4 is 5.32 Å². The Kier molecular flexibility index (Phi) is 5.08. The molecule has 1 rings (SSSR count). The predicted molar refractivity (Wildman–Crippen MR) is 74.5 cm³/mol. The summed E-state index contributed by atoms with van der Waals surface area (Å²) in [7, 11) is 0. The molecule has 1 aromatic rings. The van der Waals surface area contributed by atoms with Gasteiger partial charge in [0, 0.05) is 6.54 Å². The molecular formula is C12H18ClN3O3. The molecule has 7 heteroatoms. The first kappa shape index (κ1) is 15.7. The van der Waals surface area contributed by atoms with Gasteiger partial charge in [0.15, 0.2) is 0 Å². The Morgan fingerprint density at radius 3 is 2.68 bits per heavy atom. The van der Waals surface area contributed by atoms with Crippen LogP contribution in [0.25, 0.3) is 0 Å². The maximum absolute atomic E-state index is 10.7. The molecule has 0 aliphatic carbocycles. The van der Waals surface area contributed by atoms with Crippen LogP contribution in [0.15, 0.2) is 12.1 Å². The van der Waals surface area contributed by atoms with Crippen LogP contribution in [0.5, 0.6) is 0 Å². The zero-order valence-electron chi connectivity index (χ0n) is 11.2. The van der Waals surface area contributed by atoms with Crippen molar-refractivity contribution in [3.05, 3.63) is 27.4 Å². The van der Waals surface area contributed by atoms with Gasteiger partial charge in [-0.15, -0.1) is 0 Å². The van der Waals surface area contributed by atoms with Gasteiger partial charge in [-0.25, -0.2) is 4.98 Å². The highest BCUT2D eigenvalue weighted by Crippen LogP contribution is 2.22. The molecule has 0 amide bonds. The average Bonchev–Trinajstić information content (AvgIpc) is 2.23. The van der Waals surface area contributed by atoms with E-state index in [0.717, 1.165) is 0 Å². The van der Waals surface area contributed by atoms with Crippen LogP contribution in [0.4, 0.5) is 11.5 Å². The molecule has 0 aromatic carbocycles. The zero-order chi connectivity index (χ0) is 14.6. The summed E-state index contributed by atoms with van der Waals surface area (Å²) in [5.41, 5.74) is -0.123. The summed E-state index contributed by atoms with van der Waals surface area (Å²) in [6.45, 7) is 6.35. The van der Waals surface area contributed by atoms with Gasteiger partial charge in [-0.1, -0.05) is 32.4 Å². The molecule has 0 bridgehead atoms. The number of nitro groups is 1. The van der Waals surface area contributed by atoms with Crippen molar-refractivity contribution in [3.8, 4) is 0 Å². The number of nitrogens with zero attached hydrogens (tertiary/aromatic N) is 2. The molecule has 0 radical (unpaired) electrons. The lowest BCUT2D eigenvalue weighted by Crippen LogP contribution is -2.25. The first-order valence-corrected chi connectivity index (χ1v) is 6.29. The molecule has 0 saturated heterocycles. The van der Waals surface area contributed by atoms with Gasteiger partial charge < -0.3 is 10.4 Å². The van der Waals surface area contributed by atoms with Crippen molar-refractivity contribution in [2.45, 2.75) is 33.3 Å². The van der Waals surface area contributed by atoms with E-state index in [-0.39, 0.29) is 28.6 Å². The van der Waals surface area contributed by atoms with Crippen LogP contribution in [-0.2, 0) is 0 Å². The second kappa shape index (κ2) is 6.16. The van der Waals surface area contributed by atoms with Crippen molar-refractivity contribution in [1.29, 1.82) is 0 Å². The molecule has 106 valence electrons. The van der Waals surface area contributed by atoms with Crippen LogP contribution in [0.1, 0.15) is 27.2 Å². The SMILES string of the molecule is CC(C)(C)CC(O)CNc1cc([N+](=O)[O-])cc(Cl)n1. The van der Waals surface area contributed by atoms with Crippen molar-refractivity contribution in [2.24, 2.45) is 5.41 Å². The van der Waals surface area contributed by atoms with Crippen molar-refractivity contribution < 1.29 is 10.0 Å². The number of aliphatic hydroxyl groups is 1. The number of rotatable bonds is 5. The number of pyridine rings is 1.